The summed E-state index contributed by atoms with van der Waals surface area (Å²) in [5.41, 5.74) is 0.186. The van der Waals surface area contributed by atoms with Crippen molar-refractivity contribution in [3.8, 4) is 0 Å². The molecule has 0 amide bonds. The quantitative estimate of drug-likeness (QED) is 0.343. The van der Waals surface area contributed by atoms with Crippen molar-refractivity contribution < 1.29 is 13.2 Å². The molecule has 0 radical (unpaired) electrons. The van der Waals surface area contributed by atoms with Crippen LogP contribution in [0.3, 0.4) is 0 Å². The Bertz CT molecular complexity index is 761. The fourth-order valence-corrected chi connectivity index (χ4v) is 3.02. The first-order chi connectivity index (χ1) is 11.7. The van der Waals surface area contributed by atoms with E-state index in [1.165, 1.54) is 13.2 Å². The van der Waals surface area contributed by atoms with Crippen LogP contribution in [0.5, 0.6) is 0 Å². The minimum Gasteiger partial charge on any atom is -0.352 e. The highest BCUT2D eigenvalue weighted by atomic mass is 127. The maximum atomic E-state index is 13.0. The number of aliphatic imine (C=N–C) groups is 1. The van der Waals surface area contributed by atoms with E-state index in [0.29, 0.717) is 5.96 Å². The van der Waals surface area contributed by atoms with Gasteiger partial charge in [0.05, 0.1) is 6.04 Å². The first kappa shape index (κ1) is 22.7. The monoisotopic (exact) mass is 545 g/mol. The second kappa shape index (κ2) is 9.58. The number of hydrogen-bond donors (Lipinski definition) is 2. The number of aromatic nitrogens is 2. The molecule has 2 aromatic rings. The summed E-state index contributed by atoms with van der Waals surface area (Å²) in [4.78, 5) is 4.07. The maximum Gasteiger partial charge on any atom is 0.435 e. The van der Waals surface area contributed by atoms with E-state index in [1.54, 1.807) is 7.05 Å². The number of alkyl halides is 3. The predicted molar refractivity (Wildman–Crippen MR) is 110 cm³/mol. The average molecular weight is 546 g/mol. The SMILES string of the molecule is CN=C(NCc1cn(C)nc1C(F)(F)F)NC(C)c1ccccc1Br.I. The smallest absolute Gasteiger partial charge is 0.352 e. The van der Waals surface area contributed by atoms with Crippen LogP contribution in [0.15, 0.2) is 39.9 Å². The third kappa shape index (κ3) is 5.86. The number of halogens is 5. The molecule has 1 unspecified atom stereocenters. The molecule has 0 fully saturated rings. The molecule has 1 atom stereocenters. The molecule has 2 N–H and O–H groups in total. The second-order valence-corrected chi connectivity index (χ2v) is 6.34. The normalized spacial score (nSPS) is 13.1. The Morgan fingerprint density at radius 2 is 2.00 bits per heavy atom. The largest absolute Gasteiger partial charge is 0.435 e. The number of aryl methyl sites for hydroxylation is 1. The van der Waals surface area contributed by atoms with Crippen LogP contribution in [0, 0.1) is 0 Å². The Morgan fingerprint density at radius 3 is 2.58 bits per heavy atom. The van der Waals surface area contributed by atoms with Gasteiger partial charge in [0.25, 0.3) is 0 Å². The fourth-order valence-electron chi connectivity index (χ4n) is 2.39. The van der Waals surface area contributed by atoms with E-state index in [4.69, 9.17) is 0 Å². The molecule has 1 heterocycles. The van der Waals surface area contributed by atoms with Crippen LogP contribution in [0.1, 0.15) is 29.8 Å². The minimum atomic E-state index is -4.49. The van der Waals surface area contributed by atoms with Gasteiger partial charge in [0, 0.05) is 36.9 Å². The Kier molecular flexibility index (Phi) is 8.38. The van der Waals surface area contributed by atoms with Crippen molar-refractivity contribution in [1.29, 1.82) is 0 Å². The van der Waals surface area contributed by atoms with E-state index < -0.39 is 11.9 Å². The molecule has 0 bridgehead atoms. The Morgan fingerprint density at radius 1 is 1.35 bits per heavy atom. The van der Waals surface area contributed by atoms with Crippen LogP contribution in [-0.4, -0.2) is 22.8 Å². The molecule has 1 aromatic carbocycles. The van der Waals surface area contributed by atoms with Gasteiger partial charge < -0.3 is 10.6 Å². The van der Waals surface area contributed by atoms with Crippen LogP contribution < -0.4 is 10.6 Å². The first-order valence-corrected chi connectivity index (χ1v) is 8.33. The van der Waals surface area contributed by atoms with Gasteiger partial charge in [0.15, 0.2) is 11.7 Å². The highest BCUT2D eigenvalue weighted by Crippen LogP contribution is 2.30. The number of guanidine groups is 1. The van der Waals surface area contributed by atoms with E-state index in [9.17, 15) is 13.2 Å². The van der Waals surface area contributed by atoms with Crippen molar-refractivity contribution in [2.24, 2.45) is 12.0 Å². The molecule has 26 heavy (non-hydrogen) atoms. The summed E-state index contributed by atoms with van der Waals surface area (Å²) in [6.07, 6.45) is -3.14. The molecule has 144 valence electrons. The van der Waals surface area contributed by atoms with Gasteiger partial charge in [-0.05, 0) is 18.6 Å². The summed E-state index contributed by atoms with van der Waals surface area (Å²) < 4.78 is 41.1. The second-order valence-electron chi connectivity index (χ2n) is 5.49. The molecular weight excluding hydrogens is 526 g/mol. The van der Waals surface area contributed by atoms with Crippen LogP contribution in [0.2, 0.25) is 0 Å². The van der Waals surface area contributed by atoms with Gasteiger partial charge in [-0.25, -0.2) is 0 Å². The van der Waals surface area contributed by atoms with E-state index >= 15 is 0 Å². The van der Waals surface area contributed by atoms with E-state index in [2.05, 4.69) is 36.7 Å². The summed E-state index contributed by atoms with van der Waals surface area (Å²) in [7, 11) is 3.02. The third-order valence-electron chi connectivity index (χ3n) is 3.57. The number of nitrogens with one attached hydrogen (secondary N) is 2. The zero-order valence-corrected chi connectivity index (χ0v) is 18.3. The molecule has 0 spiro atoms. The van der Waals surface area contributed by atoms with Gasteiger partial charge >= 0.3 is 6.18 Å². The zero-order valence-electron chi connectivity index (χ0n) is 14.4. The molecule has 0 saturated carbocycles. The molecule has 10 heteroatoms. The Labute approximate surface area is 175 Å². The first-order valence-electron chi connectivity index (χ1n) is 7.53. The van der Waals surface area contributed by atoms with Crippen LogP contribution in [0.4, 0.5) is 13.2 Å². The van der Waals surface area contributed by atoms with Crippen molar-refractivity contribution in [3.05, 3.63) is 51.8 Å². The van der Waals surface area contributed by atoms with Crippen molar-refractivity contribution in [2.45, 2.75) is 25.7 Å². The molecular formula is C16H20BrF3IN5. The third-order valence-corrected chi connectivity index (χ3v) is 4.29. The van der Waals surface area contributed by atoms with Gasteiger partial charge in [-0.15, -0.1) is 24.0 Å². The lowest BCUT2D eigenvalue weighted by Crippen LogP contribution is -2.38. The van der Waals surface area contributed by atoms with E-state index in [1.807, 2.05) is 31.2 Å². The molecule has 0 aliphatic rings. The summed E-state index contributed by atoms with van der Waals surface area (Å²) in [6, 6.07) is 7.62. The predicted octanol–water partition coefficient (Wildman–Crippen LogP) is 4.25. The van der Waals surface area contributed by atoms with Crippen LogP contribution in [-0.2, 0) is 19.8 Å². The maximum absolute atomic E-state index is 13.0. The zero-order chi connectivity index (χ0) is 18.6. The molecule has 0 aliphatic carbocycles. The van der Waals surface area contributed by atoms with Crippen LogP contribution in [0.25, 0.3) is 0 Å². The highest BCUT2D eigenvalue weighted by molar-refractivity contribution is 14.0. The molecule has 1 aromatic heterocycles. The van der Waals surface area contributed by atoms with E-state index in [-0.39, 0.29) is 42.1 Å². The van der Waals surface area contributed by atoms with Crippen molar-refractivity contribution in [3.63, 3.8) is 0 Å². The Hall–Kier alpha value is -1.30. The fraction of sp³-hybridized carbons (Fsp3) is 0.375. The molecule has 5 nitrogen and oxygen atoms in total. The van der Waals surface area contributed by atoms with Gasteiger partial charge in [-0.2, -0.15) is 18.3 Å². The highest BCUT2D eigenvalue weighted by Gasteiger charge is 2.36. The van der Waals surface area contributed by atoms with Gasteiger partial charge in [0.2, 0.25) is 0 Å². The summed E-state index contributed by atoms with van der Waals surface area (Å²) in [5, 5.41) is 9.55. The number of benzene rings is 1. The summed E-state index contributed by atoms with van der Waals surface area (Å²) in [5.74, 6) is 0.403. The number of hydrogen-bond acceptors (Lipinski definition) is 2. The standard InChI is InChI=1S/C16H19BrF3N5.HI/c1-10(12-6-4-5-7-13(12)17)23-15(21-2)22-8-11-9-25(3)24-14(11)16(18,19)20;/h4-7,9-10H,8H2,1-3H3,(H2,21,22,23);1H. The van der Waals surface area contributed by atoms with Crippen molar-refractivity contribution in [2.75, 3.05) is 7.05 Å². The molecule has 0 saturated heterocycles. The topological polar surface area (TPSA) is 54.2 Å². The van der Waals surface area contributed by atoms with E-state index in [0.717, 1.165) is 14.7 Å². The van der Waals surface area contributed by atoms with Gasteiger partial charge in [-0.1, -0.05) is 34.1 Å². The van der Waals surface area contributed by atoms with Crippen molar-refractivity contribution >= 4 is 45.9 Å². The lowest BCUT2D eigenvalue weighted by atomic mass is 10.1. The molecule has 0 aliphatic heterocycles. The summed E-state index contributed by atoms with van der Waals surface area (Å²) in [6.45, 7) is 1.91. The lowest BCUT2D eigenvalue weighted by Gasteiger charge is -2.19. The van der Waals surface area contributed by atoms with Crippen LogP contribution >= 0.6 is 39.9 Å². The minimum absolute atomic E-state index is 0. The summed E-state index contributed by atoms with van der Waals surface area (Å²) >= 11 is 3.48. The average Bonchev–Trinajstić information content (AvgIpc) is 2.92. The van der Waals surface area contributed by atoms with Gasteiger partial charge in [0.1, 0.15) is 0 Å². The van der Waals surface area contributed by atoms with Gasteiger partial charge in [-0.3, -0.25) is 9.67 Å². The number of rotatable bonds is 4. The number of nitrogens with zero attached hydrogens (tertiary/aromatic N) is 3. The molecule has 2 rings (SSSR count). The van der Waals surface area contributed by atoms with Crippen molar-refractivity contribution in [1.82, 2.24) is 20.4 Å². The Balaban J connectivity index is 0.00000338. The lowest BCUT2D eigenvalue weighted by molar-refractivity contribution is -0.142.